The molecule has 0 aromatic heterocycles. The lowest BCUT2D eigenvalue weighted by Gasteiger charge is -2.17. The molecule has 0 aliphatic rings. The highest BCUT2D eigenvalue weighted by atomic mass is 35.5. The molecule has 0 fully saturated rings. The first kappa shape index (κ1) is 20.0. The van der Waals surface area contributed by atoms with Crippen LogP contribution in [0.15, 0.2) is 48.5 Å². The Morgan fingerprint density at radius 1 is 1.04 bits per heavy atom. The van der Waals surface area contributed by atoms with Crippen LogP contribution in [0.1, 0.15) is 25.0 Å². The number of benzene rings is 2. The molecule has 26 heavy (non-hydrogen) atoms. The molecular formula is C21H25ClN2O2. The van der Waals surface area contributed by atoms with Crippen molar-refractivity contribution in [1.82, 2.24) is 4.90 Å². The smallest absolute Gasteiger partial charge is 0.244 e. The number of para-hydroxylation sites is 1. The number of hydrogen-bond donors (Lipinski definition) is 1. The van der Waals surface area contributed by atoms with E-state index in [4.69, 9.17) is 11.6 Å². The van der Waals surface area contributed by atoms with Crippen LogP contribution in [0.5, 0.6) is 0 Å². The SMILES string of the molecule is CC(C)Cc1ccc(CC(=O)N(C)CC(=O)Nc2ccccc2Cl)cc1. The van der Waals surface area contributed by atoms with E-state index >= 15 is 0 Å². The Morgan fingerprint density at radius 3 is 2.27 bits per heavy atom. The van der Waals surface area contributed by atoms with Crippen molar-refractivity contribution in [2.75, 3.05) is 18.9 Å². The predicted octanol–water partition coefficient (Wildman–Crippen LogP) is 4.18. The van der Waals surface area contributed by atoms with Gasteiger partial charge >= 0.3 is 0 Å². The van der Waals surface area contributed by atoms with Crippen LogP contribution in [0, 0.1) is 5.92 Å². The van der Waals surface area contributed by atoms with Gasteiger partial charge in [0.15, 0.2) is 0 Å². The molecular weight excluding hydrogens is 348 g/mol. The number of nitrogens with zero attached hydrogens (tertiary/aromatic N) is 1. The number of halogens is 1. The Hall–Kier alpha value is -2.33. The minimum absolute atomic E-state index is 0.0184. The second-order valence-electron chi connectivity index (χ2n) is 6.87. The highest BCUT2D eigenvalue weighted by Gasteiger charge is 2.14. The van der Waals surface area contributed by atoms with Crippen LogP contribution < -0.4 is 5.32 Å². The molecule has 0 aliphatic carbocycles. The second kappa shape index (κ2) is 9.39. The molecule has 0 bridgehead atoms. The van der Waals surface area contributed by atoms with Crippen molar-refractivity contribution in [1.29, 1.82) is 0 Å². The van der Waals surface area contributed by atoms with Gasteiger partial charge in [0.1, 0.15) is 0 Å². The van der Waals surface area contributed by atoms with Gasteiger partial charge in [0.05, 0.1) is 23.7 Å². The molecule has 0 saturated heterocycles. The maximum atomic E-state index is 12.3. The van der Waals surface area contributed by atoms with Crippen molar-refractivity contribution in [2.45, 2.75) is 26.7 Å². The van der Waals surface area contributed by atoms with E-state index in [2.05, 4.69) is 31.3 Å². The summed E-state index contributed by atoms with van der Waals surface area (Å²) in [5, 5.41) is 3.19. The fourth-order valence-corrected chi connectivity index (χ4v) is 2.81. The molecule has 0 spiro atoms. The number of amides is 2. The monoisotopic (exact) mass is 372 g/mol. The van der Waals surface area contributed by atoms with E-state index in [1.54, 1.807) is 31.3 Å². The summed E-state index contributed by atoms with van der Waals surface area (Å²) < 4.78 is 0. The van der Waals surface area contributed by atoms with E-state index in [0.29, 0.717) is 16.6 Å². The van der Waals surface area contributed by atoms with Crippen molar-refractivity contribution in [3.8, 4) is 0 Å². The van der Waals surface area contributed by atoms with Gasteiger partial charge in [-0.2, -0.15) is 0 Å². The van der Waals surface area contributed by atoms with Crippen LogP contribution in [0.25, 0.3) is 0 Å². The Labute approximate surface area is 160 Å². The first-order chi connectivity index (χ1) is 12.3. The number of hydrogen-bond acceptors (Lipinski definition) is 2. The van der Waals surface area contributed by atoms with Crippen LogP contribution >= 0.6 is 11.6 Å². The van der Waals surface area contributed by atoms with E-state index in [1.807, 2.05) is 12.1 Å². The third-order valence-electron chi connectivity index (χ3n) is 3.98. The maximum absolute atomic E-state index is 12.3. The second-order valence-corrected chi connectivity index (χ2v) is 7.28. The molecule has 2 amide bonds. The van der Waals surface area contributed by atoms with Gasteiger partial charge in [-0.1, -0.05) is 61.8 Å². The van der Waals surface area contributed by atoms with Crippen molar-refractivity contribution >= 4 is 29.1 Å². The molecule has 0 aliphatic heterocycles. The predicted molar refractivity (Wildman–Crippen MR) is 106 cm³/mol. The summed E-state index contributed by atoms with van der Waals surface area (Å²) in [6.07, 6.45) is 1.30. The minimum atomic E-state index is -0.277. The van der Waals surface area contributed by atoms with Crippen LogP contribution in [-0.4, -0.2) is 30.3 Å². The Balaban J connectivity index is 1.87. The summed E-state index contributed by atoms with van der Waals surface area (Å²) in [4.78, 5) is 25.9. The van der Waals surface area contributed by atoms with Crippen molar-refractivity contribution in [3.63, 3.8) is 0 Å². The fourth-order valence-electron chi connectivity index (χ4n) is 2.63. The summed E-state index contributed by atoms with van der Waals surface area (Å²) in [6.45, 7) is 4.34. The molecule has 4 nitrogen and oxygen atoms in total. The average molecular weight is 373 g/mol. The summed E-state index contributed by atoms with van der Waals surface area (Å²) >= 11 is 6.02. The zero-order valence-corrected chi connectivity index (χ0v) is 16.2. The lowest BCUT2D eigenvalue weighted by molar-refractivity contribution is -0.132. The van der Waals surface area contributed by atoms with Gasteiger partial charge in [-0.3, -0.25) is 9.59 Å². The third kappa shape index (κ3) is 6.19. The number of nitrogens with one attached hydrogen (secondary N) is 1. The summed E-state index contributed by atoms with van der Waals surface area (Å²) in [5.74, 6) is 0.224. The summed E-state index contributed by atoms with van der Waals surface area (Å²) in [7, 11) is 1.63. The lowest BCUT2D eigenvalue weighted by Crippen LogP contribution is -2.35. The number of likely N-dealkylation sites (N-methyl/N-ethyl adjacent to an activating group) is 1. The van der Waals surface area contributed by atoms with E-state index in [0.717, 1.165) is 12.0 Å². The Bertz CT molecular complexity index is 757. The Morgan fingerprint density at radius 2 is 1.65 bits per heavy atom. The lowest BCUT2D eigenvalue weighted by atomic mass is 10.0. The molecule has 5 heteroatoms. The van der Waals surface area contributed by atoms with Gasteiger partial charge in [0.25, 0.3) is 0 Å². The first-order valence-electron chi connectivity index (χ1n) is 8.71. The van der Waals surface area contributed by atoms with Gasteiger partial charge in [-0.15, -0.1) is 0 Å². The standard InChI is InChI=1S/C21H25ClN2O2/c1-15(2)12-16-8-10-17(11-9-16)13-21(26)24(3)14-20(25)23-19-7-5-4-6-18(19)22/h4-11,15H,12-14H2,1-3H3,(H,23,25). The maximum Gasteiger partial charge on any atom is 0.244 e. The molecule has 1 N–H and O–H groups in total. The van der Waals surface area contributed by atoms with Crippen LogP contribution in [0.4, 0.5) is 5.69 Å². The average Bonchev–Trinajstić information content (AvgIpc) is 2.58. The molecule has 2 rings (SSSR count). The highest BCUT2D eigenvalue weighted by Crippen LogP contribution is 2.20. The van der Waals surface area contributed by atoms with Crippen molar-refractivity contribution in [3.05, 3.63) is 64.7 Å². The van der Waals surface area contributed by atoms with Gasteiger partial charge in [-0.05, 0) is 35.6 Å². The van der Waals surface area contributed by atoms with E-state index in [-0.39, 0.29) is 24.8 Å². The zero-order chi connectivity index (χ0) is 19.1. The molecule has 2 aromatic carbocycles. The largest absolute Gasteiger partial charge is 0.336 e. The number of carbonyl (C=O) groups excluding carboxylic acids is 2. The number of rotatable bonds is 7. The molecule has 0 atom stereocenters. The molecule has 0 radical (unpaired) electrons. The van der Waals surface area contributed by atoms with Crippen LogP contribution in [0.3, 0.4) is 0 Å². The molecule has 0 heterocycles. The highest BCUT2D eigenvalue weighted by molar-refractivity contribution is 6.33. The van der Waals surface area contributed by atoms with Crippen molar-refractivity contribution < 1.29 is 9.59 Å². The Kier molecular flexibility index (Phi) is 7.22. The third-order valence-corrected chi connectivity index (χ3v) is 4.31. The van der Waals surface area contributed by atoms with Gasteiger partial charge in [-0.25, -0.2) is 0 Å². The minimum Gasteiger partial charge on any atom is -0.336 e. The van der Waals surface area contributed by atoms with E-state index in [9.17, 15) is 9.59 Å². The number of anilines is 1. The molecule has 0 unspecified atom stereocenters. The fraction of sp³-hybridized carbons (Fsp3) is 0.333. The van der Waals surface area contributed by atoms with Gasteiger partial charge in [0.2, 0.25) is 11.8 Å². The van der Waals surface area contributed by atoms with Crippen LogP contribution in [0.2, 0.25) is 5.02 Å². The topological polar surface area (TPSA) is 49.4 Å². The van der Waals surface area contributed by atoms with E-state index in [1.165, 1.54) is 10.5 Å². The molecule has 138 valence electrons. The zero-order valence-electron chi connectivity index (χ0n) is 15.5. The van der Waals surface area contributed by atoms with Gasteiger partial charge in [0, 0.05) is 7.05 Å². The normalized spacial score (nSPS) is 10.7. The van der Waals surface area contributed by atoms with Crippen LogP contribution in [-0.2, 0) is 22.4 Å². The van der Waals surface area contributed by atoms with Crippen molar-refractivity contribution in [2.24, 2.45) is 5.92 Å². The van der Waals surface area contributed by atoms with E-state index < -0.39 is 0 Å². The van der Waals surface area contributed by atoms with Gasteiger partial charge < -0.3 is 10.2 Å². The molecule has 2 aromatic rings. The summed E-state index contributed by atoms with van der Waals surface area (Å²) in [6, 6.07) is 15.1. The first-order valence-corrected chi connectivity index (χ1v) is 9.09. The molecule has 0 saturated carbocycles. The quantitative estimate of drug-likeness (QED) is 0.792. The number of carbonyl (C=O) groups is 2. The summed E-state index contributed by atoms with van der Waals surface area (Å²) in [5.41, 5.74) is 2.75.